The fourth-order valence-corrected chi connectivity index (χ4v) is 2.38. The molecule has 0 aliphatic heterocycles. The van der Waals surface area contributed by atoms with Crippen molar-refractivity contribution in [3.8, 4) is 6.07 Å². The molecule has 4 nitrogen and oxygen atoms in total. The summed E-state index contributed by atoms with van der Waals surface area (Å²) in [5.74, 6) is 0.581. The molecule has 0 saturated heterocycles. The van der Waals surface area contributed by atoms with Gasteiger partial charge in [-0.2, -0.15) is 10.4 Å². The zero-order chi connectivity index (χ0) is 12.4. The topological polar surface area (TPSA) is 61.6 Å². The van der Waals surface area contributed by atoms with Crippen molar-refractivity contribution in [3.63, 3.8) is 0 Å². The van der Waals surface area contributed by atoms with Crippen LogP contribution in [0.1, 0.15) is 16.7 Å². The van der Waals surface area contributed by atoms with Gasteiger partial charge in [-0.1, -0.05) is 24.3 Å². The van der Waals surface area contributed by atoms with Crippen LogP contribution in [-0.4, -0.2) is 16.2 Å². The smallest absolute Gasteiger partial charge is 0.166 e. The molecule has 18 heavy (non-hydrogen) atoms. The molecule has 0 fully saturated rings. The lowest BCUT2D eigenvalue weighted by Gasteiger charge is -2.12. The predicted molar refractivity (Wildman–Crippen MR) is 68.0 cm³/mol. The van der Waals surface area contributed by atoms with Crippen molar-refractivity contribution < 1.29 is 0 Å². The number of rotatable bonds is 2. The molecule has 1 heterocycles. The highest BCUT2D eigenvalue weighted by molar-refractivity contribution is 5.52. The molecule has 0 radical (unpaired) electrons. The first kappa shape index (κ1) is 10.7. The summed E-state index contributed by atoms with van der Waals surface area (Å²) in [6.45, 7) is 0. The third-order valence-electron chi connectivity index (χ3n) is 3.23. The van der Waals surface area contributed by atoms with E-state index >= 15 is 0 Å². The monoisotopic (exact) mass is 236 g/mol. The molecule has 1 aromatic heterocycles. The fraction of sp³-hybridized carbons (Fsp3) is 0.214. The molecule has 1 aromatic carbocycles. The number of benzene rings is 1. The molecule has 1 aliphatic rings. The van der Waals surface area contributed by atoms with E-state index in [1.165, 1.54) is 17.3 Å². The molecule has 0 atom stereocenters. The zero-order valence-corrected chi connectivity index (χ0v) is 9.80. The predicted octanol–water partition coefficient (Wildman–Crippen LogP) is 1.93. The van der Waals surface area contributed by atoms with Crippen LogP contribution in [0.15, 0.2) is 36.5 Å². The highest BCUT2D eigenvalue weighted by atomic mass is 15.2. The van der Waals surface area contributed by atoms with Gasteiger partial charge in [0.05, 0.1) is 11.8 Å². The number of nitriles is 1. The highest BCUT2D eigenvalue weighted by Crippen LogP contribution is 2.24. The van der Waals surface area contributed by atoms with E-state index in [0.29, 0.717) is 17.4 Å². The number of hydrogen-bond acceptors (Lipinski definition) is 4. The van der Waals surface area contributed by atoms with Gasteiger partial charge in [-0.3, -0.25) is 0 Å². The van der Waals surface area contributed by atoms with Crippen molar-refractivity contribution in [1.29, 1.82) is 5.26 Å². The Hall–Kier alpha value is -2.41. The molecule has 88 valence electrons. The van der Waals surface area contributed by atoms with E-state index in [9.17, 15) is 0 Å². The Morgan fingerprint density at radius 2 is 1.89 bits per heavy atom. The molecule has 0 spiro atoms. The maximum atomic E-state index is 9.01. The molecular formula is C14H12N4. The minimum atomic E-state index is 0.297. The molecule has 1 N–H and O–H groups in total. The number of aromatic nitrogens is 2. The summed E-state index contributed by atoms with van der Waals surface area (Å²) in [5.41, 5.74) is 3.29. The van der Waals surface area contributed by atoms with Crippen LogP contribution in [0.2, 0.25) is 0 Å². The lowest BCUT2D eigenvalue weighted by atomic mass is 10.1. The fourth-order valence-electron chi connectivity index (χ4n) is 2.38. The summed E-state index contributed by atoms with van der Waals surface area (Å²) in [7, 11) is 0. The van der Waals surface area contributed by atoms with Gasteiger partial charge in [0.1, 0.15) is 6.07 Å². The van der Waals surface area contributed by atoms with E-state index in [2.05, 4.69) is 45.8 Å². The van der Waals surface area contributed by atoms with Crippen LogP contribution in [0.25, 0.3) is 0 Å². The molecule has 0 saturated carbocycles. The van der Waals surface area contributed by atoms with Crippen molar-refractivity contribution in [1.82, 2.24) is 10.2 Å². The lowest BCUT2D eigenvalue weighted by molar-refractivity contribution is 0.763. The Labute approximate surface area is 105 Å². The van der Waals surface area contributed by atoms with Crippen LogP contribution >= 0.6 is 0 Å². The first-order valence-electron chi connectivity index (χ1n) is 5.92. The molecule has 2 aromatic rings. The zero-order valence-electron chi connectivity index (χ0n) is 9.80. The Kier molecular flexibility index (Phi) is 2.66. The van der Waals surface area contributed by atoms with Crippen molar-refractivity contribution in [2.75, 3.05) is 5.32 Å². The molecule has 0 unspecified atom stereocenters. The van der Waals surface area contributed by atoms with Gasteiger partial charge < -0.3 is 5.32 Å². The Balaban J connectivity index is 1.79. The van der Waals surface area contributed by atoms with Crippen LogP contribution in [0, 0.1) is 11.3 Å². The summed E-state index contributed by atoms with van der Waals surface area (Å²) < 4.78 is 0. The third-order valence-corrected chi connectivity index (χ3v) is 3.23. The summed E-state index contributed by atoms with van der Waals surface area (Å²) in [4.78, 5) is 0. The number of nitrogens with zero attached hydrogens (tertiary/aromatic N) is 3. The van der Waals surface area contributed by atoms with E-state index in [1.54, 1.807) is 6.07 Å². The van der Waals surface area contributed by atoms with Crippen LogP contribution in [0.4, 0.5) is 5.82 Å². The first-order chi connectivity index (χ1) is 8.86. The van der Waals surface area contributed by atoms with Crippen molar-refractivity contribution >= 4 is 5.82 Å². The summed E-state index contributed by atoms with van der Waals surface area (Å²) in [6.07, 6.45) is 3.47. The average molecular weight is 236 g/mol. The van der Waals surface area contributed by atoms with E-state index in [4.69, 9.17) is 5.26 Å². The number of nitrogens with one attached hydrogen (secondary N) is 1. The van der Waals surface area contributed by atoms with Crippen LogP contribution in [-0.2, 0) is 12.8 Å². The maximum Gasteiger partial charge on any atom is 0.166 e. The number of fused-ring (bicyclic) bond motifs is 1. The highest BCUT2D eigenvalue weighted by Gasteiger charge is 2.21. The Morgan fingerprint density at radius 3 is 2.56 bits per heavy atom. The number of anilines is 1. The van der Waals surface area contributed by atoms with Gasteiger partial charge in [-0.15, -0.1) is 5.10 Å². The summed E-state index contributed by atoms with van der Waals surface area (Å²) >= 11 is 0. The molecule has 0 bridgehead atoms. The Morgan fingerprint density at radius 1 is 1.17 bits per heavy atom. The van der Waals surface area contributed by atoms with Gasteiger partial charge >= 0.3 is 0 Å². The molecule has 4 heteroatoms. The van der Waals surface area contributed by atoms with Gasteiger partial charge in [-0.05, 0) is 30.0 Å². The van der Waals surface area contributed by atoms with E-state index in [0.717, 1.165) is 12.8 Å². The van der Waals surface area contributed by atoms with E-state index in [-0.39, 0.29) is 0 Å². The average Bonchev–Trinajstić information content (AvgIpc) is 2.81. The lowest BCUT2D eigenvalue weighted by Crippen LogP contribution is -2.21. The minimum Gasteiger partial charge on any atom is -0.364 e. The third kappa shape index (κ3) is 1.91. The van der Waals surface area contributed by atoms with Crippen molar-refractivity contribution in [3.05, 3.63) is 53.2 Å². The molecular weight excluding hydrogens is 224 g/mol. The molecule has 3 rings (SSSR count). The van der Waals surface area contributed by atoms with Crippen LogP contribution in [0.3, 0.4) is 0 Å². The quantitative estimate of drug-likeness (QED) is 0.865. The summed E-state index contributed by atoms with van der Waals surface area (Å²) in [5, 5.41) is 20.1. The van der Waals surface area contributed by atoms with Crippen molar-refractivity contribution in [2.24, 2.45) is 0 Å². The largest absolute Gasteiger partial charge is 0.364 e. The van der Waals surface area contributed by atoms with Crippen LogP contribution in [0.5, 0.6) is 0 Å². The SMILES string of the molecule is N#Cc1ccnnc1NC1Cc2ccccc2C1. The minimum absolute atomic E-state index is 0.297. The van der Waals surface area contributed by atoms with Crippen LogP contribution < -0.4 is 5.32 Å². The second-order valence-electron chi connectivity index (χ2n) is 4.42. The van der Waals surface area contributed by atoms with E-state index < -0.39 is 0 Å². The van der Waals surface area contributed by atoms with Crippen molar-refractivity contribution in [2.45, 2.75) is 18.9 Å². The standard InChI is InChI=1S/C14H12N4/c15-9-12-5-6-16-18-14(12)17-13-7-10-3-1-2-4-11(10)8-13/h1-6,13H,7-8H2,(H,17,18). The van der Waals surface area contributed by atoms with Gasteiger partial charge in [0, 0.05) is 6.04 Å². The Bertz CT molecular complexity index is 590. The molecule has 1 aliphatic carbocycles. The maximum absolute atomic E-state index is 9.01. The molecule has 0 amide bonds. The van der Waals surface area contributed by atoms with E-state index in [1.807, 2.05) is 0 Å². The van der Waals surface area contributed by atoms with Gasteiger partial charge in [0.15, 0.2) is 5.82 Å². The first-order valence-corrected chi connectivity index (χ1v) is 5.92. The second-order valence-corrected chi connectivity index (χ2v) is 4.42. The van der Waals surface area contributed by atoms with Gasteiger partial charge in [-0.25, -0.2) is 0 Å². The summed E-state index contributed by atoms with van der Waals surface area (Å²) in [6, 6.07) is 12.5. The second kappa shape index (κ2) is 4.46. The normalized spacial score (nSPS) is 13.9. The number of hydrogen-bond donors (Lipinski definition) is 1. The van der Waals surface area contributed by atoms with Gasteiger partial charge in [0.2, 0.25) is 0 Å². The van der Waals surface area contributed by atoms with Gasteiger partial charge in [0.25, 0.3) is 0 Å².